The number of amides is 4. The zero-order valence-corrected chi connectivity index (χ0v) is 29.7. The average Bonchev–Trinajstić information content (AvgIpc) is 3.86. The number of Topliss-reactive ketones (excluding diaryl/α,β-unsaturated/α-hetero) is 1. The quantitative estimate of drug-likeness (QED) is 0.167. The fraction of sp³-hybridized carbons (Fsp3) is 0.528. The van der Waals surface area contributed by atoms with Crippen molar-refractivity contribution in [1.82, 2.24) is 30.5 Å². The molecule has 1 aliphatic carbocycles. The topological polar surface area (TPSA) is 213 Å². The van der Waals surface area contributed by atoms with Crippen molar-refractivity contribution in [2.24, 2.45) is 11.7 Å². The van der Waals surface area contributed by atoms with Gasteiger partial charge in [-0.25, -0.2) is 4.68 Å². The first-order valence-corrected chi connectivity index (χ1v) is 19.0. The Hall–Kier alpha value is -4.34. The maximum Gasteiger partial charge on any atom is 0.287 e. The summed E-state index contributed by atoms with van der Waals surface area (Å²) >= 11 is -1.48. The van der Waals surface area contributed by atoms with Gasteiger partial charge in [-0.15, -0.1) is 5.10 Å². The van der Waals surface area contributed by atoms with Gasteiger partial charge in [-0.05, 0) is 49.1 Å². The van der Waals surface area contributed by atoms with E-state index in [0.29, 0.717) is 17.7 Å². The van der Waals surface area contributed by atoms with Crippen LogP contribution in [0.1, 0.15) is 87.3 Å². The molecule has 0 spiro atoms. The van der Waals surface area contributed by atoms with Gasteiger partial charge in [0.15, 0.2) is 5.54 Å². The molecule has 14 nitrogen and oxygen atoms in total. The van der Waals surface area contributed by atoms with Gasteiger partial charge in [0.25, 0.3) is 11.8 Å². The van der Waals surface area contributed by atoms with Gasteiger partial charge in [0.05, 0.1) is 17.9 Å². The van der Waals surface area contributed by atoms with Crippen LogP contribution in [-0.4, -0.2) is 94.6 Å². The second-order valence-electron chi connectivity index (χ2n) is 14.6. The van der Waals surface area contributed by atoms with Crippen LogP contribution in [0.2, 0.25) is 0 Å². The summed E-state index contributed by atoms with van der Waals surface area (Å²) in [4.78, 5) is 69.3. The lowest BCUT2D eigenvalue weighted by atomic mass is 9.84. The van der Waals surface area contributed by atoms with Gasteiger partial charge in [0, 0.05) is 24.9 Å². The monoisotopic (exact) mass is 719 g/mol. The number of benzene rings is 2. The predicted molar refractivity (Wildman–Crippen MR) is 188 cm³/mol. The molecule has 2 saturated heterocycles. The summed E-state index contributed by atoms with van der Waals surface area (Å²) in [5.74, 6) is -3.94. The second kappa shape index (κ2) is 14.7. The highest BCUT2D eigenvalue weighted by Gasteiger charge is 2.54. The molecule has 3 heterocycles. The molecule has 5 N–H and O–H groups in total. The molecule has 5 atom stereocenters. The number of hydrogen-bond donors (Lipinski definition) is 4. The van der Waals surface area contributed by atoms with E-state index in [1.807, 2.05) is 30.3 Å². The molecule has 1 aromatic heterocycles. The Bertz CT molecular complexity index is 1820. The average molecular weight is 720 g/mol. The minimum Gasteiger partial charge on any atom is -0.616 e. The van der Waals surface area contributed by atoms with Crippen molar-refractivity contribution < 1.29 is 33.6 Å². The summed E-state index contributed by atoms with van der Waals surface area (Å²) in [5, 5.41) is 26.6. The van der Waals surface area contributed by atoms with Gasteiger partial charge in [-0.1, -0.05) is 78.8 Å². The molecular weight excluding hydrogens is 675 g/mol. The Morgan fingerprint density at radius 1 is 1.10 bits per heavy atom. The van der Waals surface area contributed by atoms with Crippen LogP contribution in [0.3, 0.4) is 0 Å². The number of carbonyl (C=O) groups excluding carboxylic acids is 5. The Balaban J connectivity index is 1.33. The molecule has 1 saturated carbocycles. The third-order valence-corrected chi connectivity index (χ3v) is 12.0. The first kappa shape index (κ1) is 36.5. The molecule has 15 heteroatoms. The van der Waals surface area contributed by atoms with E-state index >= 15 is 0 Å². The maximum atomic E-state index is 14.8. The summed E-state index contributed by atoms with van der Waals surface area (Å²) in [6.07, 6.45) is 6.73. The standard InChI is InChI=1S/C36H45N7O7S/c1-35(2,49)29-19-38-41-43(29)26-18-28(33(47)40-36(30(44)31(37)45)14-15-51(50)21-36)42(20-26)34(48)27(16-22-8-4-3-5-9-22)39-32(46)25-13-12-23-10-6-7-11-24(23)17-25/h6-7,10-13,17,19,22,26-28,49H,3-5,8-9,14-16,18,20-21H2,1-2H3,(H2,37,45)(H,39,46)(H,40,47)/t26-,27?,28-,36?,51?/m0/s1. The number of primary amides is 1. The lowest BCUT2D eigenvalue weighted by molar-refractivity contribution is -0.144. The first-order chi connectivity index (χ1) is 24.3. The third-order valence-electron chi connectivity index (χ3n) is 10.5. The van der Waals surface area contributed by atoms with Crippen LogP contribution in [0.15, 0.2) is 48.7 Å². The summed E-state index contributed by atoms with van der Waals surface area (Å²) in [7, 11) is 0. The van der Waals surface area contributed by atoms with E-state index < -0.39 is 69.9 Å². The number of carbonyl (C=O) groups is 5. The minimum atomic E-state index is -1.77. The minimum absolute atomic E-state index is 0.0148. The number of nitrogens with zero attached hydrogens (tertiary/aromatic N) is 4. The summed E-state index contributed by atoms with van der Waals surface area (Å²) < 4.78 is 14.0. The van der Waals surface area contributed by atoms with E-state index in [2.05, 4.69) is 20.9 Å². The zero-order valence-electron chi connectivity index (χ0n) is 28.9. The molecule has 51 heavy (non-hydrogen) atoms. The van der Waals surface area contributed by atoms with E-state index in [4.69, 9.17) is 5.73 Å². The summed E-state index contributed by atoms with van der Waals surface area (Å²) in [5.41, 5.74) is 3.01. The SMILES string of the molecule is CC(C)(O)c1cnnn1[C@H]1C[C@@H](C(=O)NC2(C(=O)C(N)=O)CC[S+]([O-])C2)N(C(=O)C(CC2CCCCC2)NC(=O)c2ccc3ccccc3c2)C1. The van der Waals surface area contributed by atoms with Crippen LogP contribution in [0.4, 0.5) is 0 Å². The fourth-order valence-electron chi connectivity index (χ4n) is 7.78. The number of hydrogen-bond acceptors (Lipinski definition) is 9. The van der Waals surface area contributed by atoms with Crippen LogP contribution < -0.4 is 16.4 Å². The van der Waals surface area contributed by atoms with Crippen molar-refractivity contribution in [3.05, 3.63) is 59.9 Å². The largest absolute Gasteiger partial charge is 0.616 e. The molecule has 2 aromatic carbocycles. The fourth-order valence-corrected chi connectivity index (χ4v) is 9.40. The van der Waals surface area contributed by atoms with Gasteiger partial charge in [0.2, 0.25) is 17.6 Å². The Morgan fingerprint density at radius 3 is 2.49 bits per heavy atom. The van der Waals surface area contributed by atoms with Crippen LogP contribution in [-0.2, 0) is 36.0 Å². The molecule has 0 radical (unpaired) electrons. The zero-order chi connectivity index (χ0) is 36.5. The van der Waals surface area contributed by atoms with E-state index in [9.17, 15) is 33.6 Å². The van der Waals surface area contributed by atoms with Crippen molar-refractivity contribution in [2.75, 3.05) is 18.1 Å². The highest BCUT2D eigenvalue weighted by atomic mass is 32.2. The van der Waals surface area contributed by atoms with Gasteiger partial charge in [-0.2, -0.15) is 0 Å². The van der Waals surface area contributed by atoms with Crippen molar-refractivity contribution in [1.29, 1.82) is 0 Å². The van der Waals surface area contributed by atoms with Crippen molar-refractivity contribution in [2.45, 2.75) is 94.5 Å². The second-order valence-corrected chi connectivity index (χ2v) is 16.2. The predicted octanol–water partition coefficient (Wildman–Crippen LogP) is 1.63. The number of ketones is 1. The molecule has 3 fully saturated rings. The van der Waals surface area contributed by atoms with Gasteiger partial charge in [-0.3, -0.25) is 24.0 Å². The number of fused-ring (bicyclic) bond motifs is 1. The molecule has 3 aliphatic rings. The number of aromatic nitrogens is 3. The van der Waals surface area contributed by atoms with E-state index in [1.165, 1.54) is 15.8 Å². The van der Waals surface area contributed by atoms with Crippen molar-refractivity contribution in [3.8, 4) is 0 Å². The molecule has 272 valence electrons. The first-order valence-electron chi connectivity index (χ1n) is 17.5. The summed E-state index contributed by atoms with van der Waals surface area (Å²) in [6.45, 7) is 3.14. The number of aliphatic hydroxyl groups is 1. The van der Waals surface area contributed by atoms with Crippen LogP contribution in [0.5, 0.6) is 0 Å². The van der Waals surface area contributed by atoms with Crippen molar-refractivity contribution >= 4 is 51.4 Å². The van der Waals surface area contributed by atoms with E-state index in [-0.39, 0.29) is 36.8 Å². The molecule has 4 amide bonds. The smallest absolute Gasteiger partial charge is 0.287 e. The third kappa shape index (κ3) is 7.80. The number of nitrogens with two attached hydrogens (primary N) is 1. The normalized spacial score (nSPS) is 24.7. The number of rotatable bonds is 11. The number of likely N-dealkylation sites (tertiary alicyclic amines) is 1. The molecule has 3 aromatic rings. The highest BCUT2D eigenvalue weighted by molar-refractivity contribution is 7.91. The Morgan fingerprint density at radius 2 is 1.82 bits per heavy atom. The van der Waals surface area contributed by atoms with Gasteiger partial charge < -0.3 is 30.9 Å². The molecule has 3 unspecified atom stereocenters. The van der Waals surface area contributed by atoms with Crippen LogP contribution in [0.25, 0.3) is 10.8 Å². The molecular formula is C36H45N7O7S. The van der Waals surface area contributed by atoms with Crippen molar-refractivity contribution in [3.63, 3.8) is 0 Å². The summed E-state index contributed by atoms with van der Waals surface area (Å²) in [6, 6.07) is 10.2. The Kier molecular flexibility index (Phi) is 10.5. The Labute approximate surface area is 299 Å². The van der Waals surface area contributed by atoms with Crippen LogP contribution >= 0.6 is 0 Å². The van der Waals surface area contributed by atoms with Gasteiger partial charge >= 0.3 is 0 Å². The lowest BCUT2D eigenvalue weighted by Crippen LogP contribution is -2.63. The van der Waals surface area contributed by atoms with E-state index in [1.54, 1.807) is 26.0 Å². The lowest BCUT2D eigenvalue weighted by Gasteiger charge is -2.33. The van der Waals surface area contributed by atoms with Crippen LogP contribution in [0, 0.1) is 5.92 Å². The highest BCUT2D eigenvalue weighted by Crippen LogP contribution is 2.34. The molecule has 6 rings (SSSR count). The number of nitrogens with one attached hydrogen (secondary N) is 2. The molecule has 2 aliphatic heterocycles. The van der Waals surface area contributed by atoms with E-state index in [0.717, 1.165) is 42.9 Å². The van der Waals surface area contributed by atoms with Gasteiger partial charge in [0.1, 0.15) is 29.2 Å². The molecule has 0 bridgehead atoms. The maximum absolute atomic E-state index is 14.8.